The number of allylic oxidation sites excluding steroid dienone is 1. The Labute approximate surface area is 215 Å². The first-order valence-corrected chi connectivity index (χ1v) is 14.4. The van der Waals surface area contributed by atoms with Gasteiger partial charge in [-0.1, -0.05) is 58.9 Å². The molecule has 4 rings (SSSR count). The van der Waals surface area contributed by atoms with Gasteiger partial charge in [-0.2, -0.15) is 0 Å². The van der Waals surface area contributed by atoms with E-state index in [-0.39, 0.29) is 17.5 Å². The first-order chi connectivity index (χ1) is 16.2. The molecular formula is C32H52O3. The summed E-state index contributed by atoms with van der Waals surface area (Å²) in [6.07, 6.45) is 11.2. The molecule has 4 aliphatic carbocycles. The van der Waals surface area contributed by atoms with Crippen molar-refractivity contribution in [3.05, 3.63) is 24.3 Å². The van der Waals surface area contributed by atoms with Gasteiger partial charge in [0.15, 0.2) is 0 Å². The molecule has 1 unspecified atom stereocenters. The predicted octanol–water partition coefficient (Wildman–Crippen LogP) is 7.88. The van der Waals surface area contributed by atoms with E-state index in [1.54, 1.807) is 6.92 Å². The second-order valence-corrected chi connectivity index (χ2v) is 14.3. The summed E-state index contributed by atoms with van der Waals surface area (Å²) < 4.78 is 5.87. The van der Waals surface area contributed by atoms with Crippen molar-refractivity contribution in [2.24, 2.45) is 45.3 Å². The fraction of sp³-hybridized carbons (Fsp3) is 0.844. The Balaban J connectivity index is 1.56. The van der Waals surface area contributed by atoms with Crippen LogP contribution in [0.2, 0.25) is 0 Å². The van der Waals surface area contributed by atoms with Crippen LogP contribution in [-0.4, -0.2) is 23.3 Å². The molecule has 1 N–H and O–H groups in total. The Hall–Kier alpha value is -1.09. The smallest absolute Gasteiger partial charge is 0.302 e. The zero-order valence-electron chi connectivity index (χ0n) is 23.7. The van der Waals surface area contributed by atoms with Crippen LogP contribution in [0.3, 0.4) is 0 Å². The third-order valence-electron chi connectivity index (χ3n) is 12.5. The number of aliphatic hydroxyl groups is 1. The minimum atomic E-state index is -0.409. The molecule has 0 bridgehead atoms. The molecule has 4 saturated carbocycles. The first-order valence-electron chi connectivity index (χ1n) is 14.4. The van der Waals surface area contributed by atoms with E-state index in [0.717, 1.165) is 30.8 Å². The molecule has 3 heteroatoms. The number of esters is 1. The highest BCUT2D eigenvalue weighted by Gasteiger charge is 2.68. The highest BCUT2D eigenvalue weighted by molar-refractivity contribution is 5.66. The molecule has 9 atom stereocenters. The third-order valence-corrected chi connectivity index (χ3v) is 12.5. The number of carbonyl (C=O) groups excluding carboxylic acids is 1. The van der Waals surface area contributed by atoms with Crippen LogP contribution in [0.1, 0.15) is 113 Å². The number of fused-ring (bicyclic) bond motifs is 5. The summed E-state index contributed by atoms with van der Waals surface area (Å²) in [6.45, 7) is 24.6. The maximum Gasteiger partial charge on any atom is 0.302 e. The Morgan fingerprint density at radius 3 is 2.20 bits per heavy atom. The van der Waals surface area contributed by atoms with E-state index in [9.17, 15) is 9.90 Å². The highest BCUT2D eigenvalue weighted by Crippen LogP contribution is 2.75. The lowest BCUT2D eigenvalue weighted by atomic mass is 9.35. The van der Waals surface area contributed by atoms with Crippen LogP contribution in [0.4, 0.5) is 0 Å². The molecule has 0 amide bonds. The van der Waals surface area contributed by atoms with Crippen molar-refractivity contribution >= 4 is 5.97 Å². The molecule has 0 radical (unpaired) electrons. The normalized spacial score (nSPS) is 45.0. The Morgan fingerprint density at radius 2 is 1.57 bits per heavy atom. The van der Waals surface area contributed by atoms with Crippen LogP contribution in [0.25, 0.3) is 0 Å². The van der Waals surface area contributed by atoms with E-state index < -0.39 is 6.10 Å². The monoisotopic (exact) mass is 484 g/mol. The average Bonchev–Trinajstić information content (AvgIpc) is 3.12. The van der Waals surface area contributed by atoms with Crippen LogP contribution in [0, 0.1) is 45.3 Å². The molecule has 0 aliphatic heterocycles. The van der Waals surface area contributed by atoms with Crippen molar-refractivity contribution in [2.75, 3.05) is 0 Å². The molecule has 0 saturated heterocycles. The van der Waals surface area contributed by atoms with E-state index in [0.29, 0.717) is 34.0 Å². The van der Waals surface area contributed by atoms with E-state index in [1.165, 1.54) is 50.5 Å². The van der Waals surface area contributed by atoms with Crippen molar-refractivity contribution in [3.63, 3.8) is 0 Å². The molecule has 0 aromatic carbocycles. The lowest BCUT2D eigenvalue weighted by molar-refractivity contribution is -0.226. The molecule has 0 spiro atoms. The van der Waals surface area contributed by atoms with E-state index in [1.807, 2.05) is 6.92 Å². The fourth-order valence-electron chi connectivity index (χ4n) is 10.4. The van der Waals surface area contributed by atoms with Crippen LogP contribution in [0.15, 0.2) is 24.3 Å². The zero-order chi connectivity index (χ0) is 26.0. The van der Waals surface area contributed by atoms with Crippen molar-refractivity contribution in [2.45, 2.75) is 125 Å². The van der Waals surface area contributed by atoms with Gasteiger partial charge in [-0.25, -0.2) is 0 Å². The molecule has 0 aromatic rings. The van der Waals surface area contributed by atoms with Crippen molar-refractivity contribution in [1.29, 1.82) is 0 Å². The maximum absolute atomic E-state index is 11.8. The second-order valence-electron chi connectivity index (χ2n) is 14.3. The van der Waals surface area contributed by atoms with E-state index in [2.05, 4.69) is 47.8 Å². The predicted molar refractivity (Wildman–Crippen MR) is 144 cm³/mol. The summed E-state index contributed by atoms with van der Waals surface area (Å²) in [5, 5.41) is 10.3. The SMILES string of the molecule is C=C(C)C(O)CCC(=C)[C@H]1CC[C@]2(C)[C@@H]1CC[C@@H]1[C@@]3(C)CC[C@H](OC(C)=O)C(C)(C)[C@@H]3CC[C@]12C. The van der Waals surface area contributed by atoms with Gasteiger partial charge in [0.25, 0.3) is 0 Å². The minimum Gasteiger partial charge on any atom is -0.462 e. The molecule has 4 aliphatic rings. The number of aliphatic hydroxyl groups excluding tert-OH is 1. The molecule has 35 heavy (non-hydrogen) atoms. The van der Waals surface area contributed by atoms with Gasteiger partial charge in [-0.15, -0.1) is 0 Å². The number of carbonyl (C=O) groups is 1. The van der Waals surface area contributed by atoms with Gasteiger partial charge >= 0.3 is 5.97 Å². The second kappa shape index (κ2) is 9.03. The Kier molecular flexibility index (Phi) is 6.96. The summed E-state index contributed by atoms with van der Waals surface area (Å²) in [6, 6.07) is 0. The quantitative estimate of drug-likeness (QED) is 0.308. The van der Waals surface area contributed by atoms with Gasteiger partial charge < -0.3 is 9.84 Å². The number of ether oxygens (including phenoxy) is 1. The van der Waals surface area contributed by atoms with Crippen LogP contribution in [0.5, 0.6) is 0 Å². The standard InChI is InChI=1S/C32H52O3/c1-20(2)25(34)12-10-21(3)23-14-18-31(8)24(23)11-13-27-30(7)17-16-28(35-22(4)33)29(5,6)26(30)15-19-32(27,31)9/h23-28,34H,1,3,10-19H2,2,4-9H3/t23-,24-,25?,26+,27-,28+,30+,31-,32-/m1/s1. The minimum absolute atomic E-state index is 0.0222. The lowest BCUT2D eigenvalue weighted by Crippen LogP contribution is -2.64. The summed E-state index contributed by atoms with van der Waals surface area (Å²) in [4.78, 5) is 11.8. The molecule has 198 valence electrons. The van der Waals surface area contributed by atoms with Gasteiger partial charge in [0.2, 0.25) is 0 Å². The molecule has 4 fully saturated rings. The fourth-order valence-corrected chi connectivity index (χ4v) is 10.4. The van der Waals surface area contributed by atoms with Crippen molar-refractivity contribution in [3.8, 4) is 0 Å². The van der Waals surface area contributed by atoms with Crippen molar-refractivity contribution in [1.82, 2.24) is 0 Å². The van der Waals surface area contributed by atoms with Gasteiger partial charge in [-0.05, 0) is 111 Å². The Bertz CT molecular complexity index is 872. The van der Waals surface area contributed by atoms with Gasteiger partial charge in [0.1, 0.15) is 6.10 Å². The van der Waals surface area contributed by atoms with Crippen LogP contribution >= 0.6 is 0 Å². The first kappa shape index (κ1) is 27.0. The Morgan fingerprint density at radius 1 is 0.914 bits per heavy atom. The van der Waals surface area contributed by atoms with E-state index >= 15 is 0 Å². The molecule has 3 nitrogen and oxygen atoms in total. The molecule has 0 aromatic heterocycles. The summed E-state index contributed by atoms with van der Waals surface area (Å²) in [5.74, 6) is 2.50. The lowest BCUT2D eigenvalue weighted by Gasteiger charge is -2.70. The average molecular weight is 485 g/mol. The molecular weight excluding hydrogens is 432 g/mol. The van der Waals surface area contributed by atoms with Gasteiger partial charge in [-0.3, -0.25) is 4.79 Å². The topological polar surface area (TPSA) is 46.5 Å². The van der Waals surface area contributed by atoms with Gasteiger partial charge in [0, 0.05) is 12.3 Å². The summed E-state index contributed by atoms with van der Waals surface area (Å²) in [5.41, 5.74) is 3.25. The zero-order valence-corrected chi connectivity index (χ0v) is 23.7. The number of hydrogen-bond acceptors (Lipinski definition) is 3. The number of rotatable bonds is 6. The summed E-state index contributed by atoms with van der Waals surface area (Å²) >= 11 is 0. The van der Waals surface area contributed by atoms with Crippen LogP contribution in [-0.2, 0) is 9.53 Å². The highest BCUT2D eigenvalue weighted by atomic mass is 16.5. The van der Waals surface area contributed by atoms with Crippen LogP contribution < -0.4 is 0 Å². The third kappa shape index (κ3) is 4.07. The number of hydrogen-bond donors (Lipinski definition) is 1. The molecule has 0 heterocycles. The van der Waals surface area contributed by atoms with Gasteiger partial charge in [0.05, 0.1) is 6.10 Å². The largest absolute Gasteiger partial charge is 0.462 e. The van der Waals surface area contributed by atoms with Crippen molar-refractivity contribution < 1.29 is 14.6 Å². The summed E-state index contributed by atoms with van der Waals surface area (Å²) in [7, 11) is 0. The van der Waals surface area contributed by atoms with E-state index in [4.69, 9.17) is 4.74 Å². The maximum atomic E-state index is 11.8.